The van der Waals surface area contributed by atoms with Gasteiger partial charge in [-0.2, -0.15) is 5.10 Å². The number of benzene rings is 1. The number of ether oxygens (including phenoxy) is 2. The monoisotopic (exact) mass is 335 g/mol. The second-order valence-corrected chi connectivity index (χ2v) is 6.28. The van der Waals surface area contributed by atoms with Gasteiger partial charge in [0, 0.05) is 49.4 Å². The Hall–Kier alpha value is -1.56. The average molecular weight is 336 g/mol. The molecule has 23 heavy (non-hydrogen) atoms. The number of rotatable bonds is 6. The quantitative estimate of drug-likeness (QED) is 0.881. The van der Waals surface area contributed by atoms with Crippen molar-refractivity contribution in [1.82, 2.24) is 15.1 Å². The predicted octanol–water partition coefficient (Wildman–Crippen LogP) is 2.95. The van der Waals surface area contributed by atoms with Crippen LogP contribution in [-0.4, -0.2) is 30.0 Å². The van der Waals surface area contributed by atoms with Crippen molar-refractivity contribution in [2.45, 2.75) is 19.1 Å². The van der Waals surface area contributed by atoms with Crippen molar-refractivity contribution in [3.05, 3.63) is 46.7 Å². The van der Waals surface area contributed by atoms with E-state index in [-0.39, 0.29) is 6.10 Å². The fourth-order valence-corrected chi connectivity index (χ4v) is 3.23. The molecule has 1 aromatic carbocycles. The molecule has 2 heterocycles. The number of nitrogens with zero attached hydrogens (tertiary/aromatic N) is 2. The first kappa shape index (κ1) is 16.3. The lowest BCUT2D eigenvalue weighted by Crippen LogP contribution is -2.24. The normalized spacial score (nSPS) is 20.8. The fraction of sp³-hybridized carbons (Fsp3) is 0.471. The van der Waals surface area contributed by atoms with Crippen molar-refractivity contribution in [1.29, 1.82) is 0 Å². The molecule has 0 unspecified atom stereocenters. The number of halogens is 1. The second kappa shape index (κ2) is 7.34. The van der Waals surface area contributed by atoms with Crippen molar-refractivity contribution in [2.24, 2.45) is 13.0 Å². The van der Waals surface area contributed by atoms with Gasteiger partial charge in [-0.05, 0) is 24.1 Å². The molecule has 2 aromatic rings. The third kappa shape index (κ3) is 3.86. The maximum absolute atomic E-state index is 6.28. The molecular weight excluding hydrogens is 314 g/mol. The minimum absolute atomic E-state index is 0.127. The molecule has 0 radical (unpaired) electrons. The molecule has 1 N–H and O–H groups in total. The van der Waals surface area contributed by atoms with Crippen LogP contribution in [0.3, 0.4) is 0 Å². The van der Waals surface area contributed by atoms with E-state index in [9.17, 15) is 0 Å². The number of methoxy groups -OCH3 is 1. The summed E-state index contributed by atoms with van der Waals surface area (Å²) in [5.41, 5.74) is 2.23. The van der Waals surface area contributed by atoms with E-state index >= 15 is 0 Å². The lowest BCUT2D eigenvalue weighted by atomic mass is 9.97. The van der Waals surface area contributed by atoms with Gasteiger partial charge in [0.1, 0.15) is 5.75 Å². The van der Waals surface area contributed by atoms with Crippen LogP contribution in [0, 0.1) is 5.92 Å². The first-order valence-electron chi connectivity index (χ1n) is 7.80. The highest BCUT2D eigenvalue weighted by atomic mass is 35.5. The lowest BCUT2D eigenvalue weighted by molar-refractivity contribution is 0.0904. The van der Waals surface area contributed by atoms with E-state index in [1.807, 2.05) is 42.3 Å². The van der Waals surface area contributed by atoms with Gasteiger partial charge >= 0.3 is 0 Å². The summed E-state index contributed by atoms with van der Waals surface area (Å²) in [6, 6.07) is 5.77. The zero-order chi connectivity index (χ0) is 16.2. The molecule has 1 saturated heterocycles. The maximum atomic E-state index is 6.28. The van der Waals surface area contributed by atoms with E-state index in [1.54, 1.807) is 7.11 Å². The maximum Gasteiger partial charge on any atom is 0.120 e. The second-order valence-electron chi connectivity index (χ2n) is 5.88. The zero-order valence-corrected chi connectivity index (χ0v) is 14.2. The Morgan fingerprint density at radius 3 is 3.04 bits per heavy atom. The number of hydrogen-bond donors (Lipinski definition) is 1. The molecule has 0 aliphatic carbocycles. The molecule has 1 aromatic heterocycles. The lowest BCUT2D eigenvalue weighted by Gasteiger charge is -2.18. The largest absolute Gasteiger partial charge is 0.497 e. The van der Waals surface area contributed by atoms with Crippen molar-refractivity contribution < 1.29 is 9.47 Å². The molecule has 5 nitrogen and oxygen atoms in total. The molecule has 1 aliphatic rings. The zero-order valence-electron chi connectivity index (χ0n) is 13.5. The summed E-state index contributed by atoms with van der Waals surface area (Å²) in [6.45, 7) is 2.43. The Morgan fingerprint density at radius 1 is 1.48 bits per heavy atom. The molecule has 6 heteroatoms. The van der Waals surface area contributed by atoms with E-state index in [0.717, 1.165) is 48.0 Å². The van der Waals surface area contributed by atoms with Crippen LogP contribution in [0.5, 0.6) is 5.75 Å². The third-order valence-electron chi connectivity index (χ3n) is 4.25. The minimum atomic E-state index is 0.127. The van der Waals surface area contributed by atoms with Crippen LogP contribution >= 0.6 is 11.6 Å². The number of aromatic nitrogens is 2. The van der Waals surface area contributed by atoms with Crippen LogP contribution in [0.15, 0.2) is 30.6 Å². The summed E-state index contributed by atoms with van der Waals surface area (Å²) in [6.07, 6.45) is 5.11. The molecular formula is C17H22ClN3O2. The SMILES string of the molecule is COc1ccc(CNC[C@@H]2CCO[C@H]2c2cnn(C)c2)c(Cl)c1. The van der Waals surface area contributed by atoms with Gasteiger partial charge in [0.25, 0.3) is 0 Å². The highest BCUT2D eigenvalue weighted by Gasteiger charge is 2.30. The van der Waals surface area contributed by atoms with Crippen LogP contribution in [0.1, 0.15) is 23.7 Å². The van der Waals surface area contributed by atoms with Crippen LogP contribution in [-0.2, 0) is 18.3 Å². The molecule has 0 bridgehead atoms. The predicted molar refractivity (Wildman–Crippen MR) is 89.7 cm³/mol. The van der Waals surface area contributed by atoms with Crippen LogP contribution in [0.2, 0.25) is 5.02 Å². The van der Waals surface area contributed by atoms with Gasteiger partial charge in [0.2, 0.25) is 0 Å². The van der Waals surface area contributed by atoms with Crippen molar-refractivity contribution >= 4 is 11.6 Å². The van der Waals surface area contributed by atoms with Gasteiger partial charge in [-0.3, -0.25) is 4.68 Å². The Morgan fingerprint density at radius 2 is 2.35 bits per heavy atom. The Bertz CT molecular complexity index is 659. The van der Waals surface area contributed by atoms with Gasteiger partial charge in [-0.15, -0.1) is 0 Å². The van der Waals surface area contributed by atoms with Gasteiger partial charge in [0.05, 0.1) is 19.4 Å². The van der Waals surface area contributed by atoms with Crippen molar-refractivity contribution in [3.63, 3.8) is 0 Å². The average Bonchev–Trinajstić information content (AvgIpc) is 3.17. The standard InChI is InChI=1S/C17H22ClN3O2/c1-21-11-14(10-20-21)17-13(5-6-23-17)9-19-8-12-3-4-15(22-2)7-16(12)18/h3-4,7,10-11,13,17,19H,5-6,8-9H2,1-2H3/t13-,17+/m0/s1. The van der Waals surface area contributed by atoms with E-state index in [4.69, 9.17) is 21.1 Å². The Kier molecular flexibility index (Phi) is 5.20. The van der Waals surface area contributed by atoms with Gasteiger partial charge in [0.15, 0.2) is 0 Å². The van der Waals surface area contributed by atoms with Crippen LogP contribution in [0.4, 0.5) is 0 Å². The summed E-state index contributed by atoms with van der Waals surface area (Å²) in [7, 11) is 3.57. The summed E-state index contributed by atoms with van der Waals surface area (Å²) in [5, 5.41) is 8.46. The number of nitrogens with one attached hydrogen (secondary N) is 1. The molecule has 0 spiro atoms. The molecule has 0 saturated carbocycles. The molecule has 2 atom stereocenters. The van der Waals surface area contributed by atoms with E-state index in [0.29, 0.717) is 5.92 Å². The Balaban J connectivity index is 1.55. The fourth-order valence-electron chi connectivity index (χ4n) is 2.99. The summed E-state index contributed by atoms with van der Waals surface area (Å²) in [4.78, 5) is 0. The number of hydrogen-bond acceptors (Lipinski definition) is 4. The highest BCUT2D eigenvalue weighted by molar-refractivity contribution is 6.31. The van der Waals surface area contributed by atoms with Crippen molar-refractivity contribution in [3.8, 4) is 5.75 Å². The molecule has 1 aliphatic heterocycles. The third-order valence-corrected chi connectivity index (χ3v) is 4.60. The summed E-state index contributed by atoms with van der Waals surface area (Å²) >= 11 is 6.28. The van der Waals surface area contributed by atoms with Gasteiger partial charge < -0.3 is 14.8 Å². The summed E-state index contributed by atoms with van der Waals surface area (Å²) in [5.74, 6) is 1.23. The molecule has 3 rings (SSSR count). The van der Waals surface area contributed by atoms with E-state index in [2.05, 4.69) is 10.4 Å². The summed E-state index contributed by atoms with van der Waals surface area (Å²) < 4.78 is 12.9. The molecule has 0 amide bonds. The van der Waals surface area contributed by atoms with Gasteiger partial charge in [-0.1, -0.05) is 17.7 Å². The van der Waals surface area contributed by atoms with Crippen LogP contribution in [0.25, 0.3) is 0 Å². The first-order valence-corrected chi connectivity index (χ1v) is 8.18. The Labute approximate surface area is 141 Å². The number of aryl methyl sites for hydroxylation is 1. The minimum Gasteiger partial charge on any atom is -0.497 e. The smallest absolute Gasteiger partial charge is 0.120 e. The van der Waals surface area contributed by atoms with E-state index < -0.39 is 0 Å². The van der Waals surface area contributed by atoms with Gasteiger partial charge in [-0.25, -0.2) is 0 Å². The topological polar surface area (TPSA) is 48.3 Å². The van der Waals surface area contributed by atoms with E-state index in [1.165, 1.54) is 0 Å². The van der Waals surface area contributed by atoms with Crippen LogP contribution < -0.4 is 10.1 Å². The highest BCUT2D eigenvalue weighted by Crippen LogP contribution is 2.33. The van der Waals surface area contributed by atoms with Crippen molar-refractivity contribution in [2.75, 3.05) is 20.3 Å². The molecule has 1 fully saturated rings. The first-order chi connectivity index (χ1) is 11.2. The molecule has 124 valence electrons.